The summed E-state index contributed by atoms with van der Waals surface area (Å²) in [4.78, 5) is 0. The molecular formula is C15H20F3N3. The van der Waals surface area contributed by atoms with Crippen LogP contribution in [0, 0.1) is 24.2 Å². The van der Waals surface area contributed by atoms with E-state index in [9.17, 15) is 13.2 Å². The largest absolute Gasteiger partial charge is 0.393 e. The van der Waals surface area contributed by atoms with Gasteiger partial charge in [-0.2, -0.15) is 18.4 Å². The normalized spacial score (nSPS) is 23.0. The number of rotatable bonds is 3. The Kier molecular flexibility index (Phi) is 4.62. The predicted octanol–water partition coefficient (Wildman–Crippen LogP) is 3.42. The lowest BCUT2D eigenvalue weighted by molar-refractivity contribution is -0.189. The predicted molar refractivity (Wildman–Crippen MR) is 73.5 cm³/mol. The van der Waals surface area contributed by atoms with Gasteiger partial charge in [0.25, 0.3) is 0 Å². The molecule has 6 heteroatoms. The third-order valence-electron chi connectivity index (χ3n) is 4.50. The number of aromatic nitrogens is 1. The van der Waals surface area contributed by atoms with Crippen LogP contribution in [0.15, 0.2) is 6.07 Å². The first-order chi connectivity index (χ1) is 9.84. The molecular weight excluding hydrogens is 279 g/mol. The molecule has 2 atom stereocenters. The third kappa shape index (κ3) is 3.41. The van der Waals surface area contributed by atoms with Crippen LogP contribution in [-0.2, 0) is 13.6 Å². The van der Waals surface area contributed by atoms with Gasteiger partial charge in [-0.05, 0) is 31.4 Å². The van der Waals surface area contributed by atoms with Crippen molar-refractivity contribution in [2.75, 3.05) is 0 Å². The Labute approximate surface area is 122 Å². The molecule has 1 fully saturated rings. The van der Waals surface area contributed by atoms with E-state index in [-0.39, 0.29) is 6.42 Å². The molecule has 116 valence electrons. The molecule has 1 aromatic rings. The summed E-state index contributed by atoms with van der Waals surface area (Å²) in [6.45, 7) is 2.25. The van der Waals surface area contributed by atoms with Crippen LogP contribution in [0.25, 0.3) is 0 Å². The first kappa shape index (κ1) is 15.9. The van der Waals surface area contributed by atoms with E-state index in [1.165, 1.54) is 0 Å². The van der Waals surface area contributed by atoms with Gasteiger partial charge in [0.1, 0.15) is 11.8 Å². The van der Waals surface area contributed by atoms with Crippen molar-refractivity contribution in [2.24, 2.45) is 13.0 Å². The minimum absolute atomic E-state index is 0.207. The lowest BCUT2D eigenvalue weighted by Gasteiger charge is -2.33. The molecule has 0 saturated heterocycles. The van der Waals surface area contributed by atoms with Crippen molar-refractivity contribution in [3.63, 3.8) is 0 Å². The van der Waals surface area contributed by atoms with Gasteiger partial charge in [-0.1, -0.05) is 12.8 Å². The van der Waals surface area contributed by atoms with Gasteiger partial charge in [0.2, 0.25) is 0 Å². The number of nitriles is 1. The molecule has 0 spiro atoms. The van der Waals surface area contributed by atoms with Crippen molar-refractivity contribution in [3.8, 4) is 6.07 Å². The van der Waals surface area contributed by atoms with Crippen molar-refractivity contribution in [1.29, 1.82) is 5.26 Å². The van der Waals surface area contributed by atoms with Gasteiger partial charge >= 0.3 is 6.18 Å². The maximum Gasteiger partial charge on any atom is 0.393 e. The molecule has 1 aromatic heterocycles. The SMILES string of the molecule is Cc1c(CN[C@@H]2CCCC[C@@H]2C(F)(F)F)cc(C#N)n1C. The fraction of sp³-hybridized carbons (Fsp3) is 0.667. The molecule has 3 nitrogen and oxygen atoms in total. The first-order valence-electron chi connectivity index (χ1n) is 7.20. The molecule has 0 aromatic carbocycles. The van der Waals surface area contributed by atoms with Crippen LogP contribution in [0.3, 0.4) is 0 Å². The fourth-order valence-corrected chi connectivity index (χ4v) is 3.06. The summed E-state index contributed by atoms with van der Waals surface area (Å²) in [6.07, 6.45) is -1.89. The van der Waals surface area contributed by atoms with E-state index in [0.29, 0.717) is 25.1 Å². The van der Waals surface area contributed by atoms with E-state index in [0.717, 1.165) is 17.7 Å². The minimum atomic E-state index is -4.14. The van der Waals surface area contributed by atoms with Crippen LogP contribution in [0.1, 0.15) is 42.6 Å². The average molecular weight is 299 g/mol. The van der Waals surface area contributed by atoms with Gasteiger partial charge in [0, 0.05) is 25.3 Å². The van der Waals surface area contributed by atoms with Crippen molar-refractivity contribution in [3.05, 3.63) is 23.0 Å². The Hall–Kier alpha value is -1.48. The number of alkyl halides is 3. The van der Waals surface area contributed by atoms with Crippen LogP contribution >= 0.6 is 0 Å². The van der Waals surface area contributed by atoms with Gasteiger partial charge in [-0.15, -0.1) is 0 Å². The second-order valence-corrected chi connectivity index (χ2v) is 5.73. The van der Waals surface area contributed by atoms with E-state index < -0.39 is 18.1 Å². The van der Waals surface area contributed by atoms with Crippen molar-refractivity contribution < 1.29 is 13.2 Å². The molecule has 0 bridgehead atoms. The highest BCUT2D eigenvalue weighted by atomic mass is 19.4. The van der Waals surface area contributed by atoms with E-state index >= 15 is 0 Å². The Balaban J connectivity index is 2.06. The summed E-state index contributed by atoms with van der Waals surface area (Å²) < 4.78 is 40.9. The molecule has 21 heavy (non-hydrogen) atoms. The molecule has 0 radical (unpaired) electrons. The van der Waals surface area contributed by atoms with Crippen LogP contribution < -0.4 is 5.32 Å². The molecule has 1 saturated carbocycles. The van der Waals surface area contributed by atoms with E-state index in [2.05, 4.69) is 11.4 Å². The Morgan fingerprint density at radius 2 is 2.05 bits per heavy atom. The highest BCUT2D eigenvalue weighted by Gasteiger charge is 2.45. The van der Waals surface area contributed by atoms with Crippen molar-refractivity contribution >= 4 is 0 Å². The van der Waals surface area contributed by atoms with Gasteiger partial charge in [-0.25, -0.2) is 0 Å². The Morgan fingerprint density at radius 3 is 2.62 bits per heavy atom. The molecule has 1 N–H and O–H groups in total. The fourth-order valence-electron chi connectivity index (χ4n) is 3.06. The van der Waals surface area contributed by atoms with Crippen LogP contribution in [0.2, 0.25) is 0 Å². The minimum Gasteiger partial charge on any atom is -0.340 e. The zero-order valence-corrected chi connectivity index (χ0v) is 12.3. The summed E-state index contributed by atoms with van der Waals surface area (Å²) in [5.74, 6) is -1.26. The van der Waals surface area contributed by atoms with Crippen molar-refractivity contribution in [1.82, 2.24) is 9.88 Å². The van der Waals surface area contributed by atoms with Crippen molar-refractivity contribution in [2.45, 2.75) is 51.4 Å². The van der Waals surface area contributed by atoms with Gasteiger partial charge in [-0.3, -0.25) is 0 Å². The molecule has 0 unspecified atom stereocenters. The van der Waals surface area contributed by atoms with Gasteiger partial charge in [0.15, 0.2) is 0 Å². The summed E-state index contributed by atoms with van der Waals surface area (Å²) in [5.41, 5.74) is 2.33. The van der Waals surface area contributed by atoms with Crippen LogP contribution in [0.4, 0.5) is 13.2 Å². The summed E-state index contributed by atoms with van der Waals surface area (Å²) >= 11 is 0. The summed E-state index contributed by atoms with van der Waals surface area (Å²) in [7, 11) is 1.79. The van der Waals surface area contributed by atoms with E-state index in [4.69, 9.17) is 5.26 Å². The zero-order chi connectivity index (χ0) is 15.6. The monoisotopic (exact) mass is 299 g/mol. The maximum atomic E-state index is 13.0. The lowest BCUT2D eigenvalue weighted by Crippen LogP contribution is -2.45. The zero-order valence-electron chi connectivity index (χ0n) is 12.3. The number of nitrogens with one attached hydrogen (secondary N) is 1. The van der Waals surface area contributed by atoms with Gasteiger partial charge in [0.05, 0.1) is 5.92 Å². The summed E-state index contributed by atoms with van der Waals surface area (Å²) in [6, 6.07) is 3.30. The van der Waals surface area contributed by atoms with Crippen LogP contribution in [-0.4, -0.2) is 16.8 Å². The van der Waals surface area contributed by atoms with E-state index in [1.807, 2.05) is 6.92 Å². The number of halogens is 3. The molecule has 0 aliphatic heterocycles. The standard InChI is InChI=1S/C15H20F3N3/c1-10-11(7-12(8-19)21(10)2)9-20-14-6-4-3-5-13(14)15(16,17)18/h7,13-14,20H,3-6,9H2,1-2H3/t13-,14+/m0/s1. The topological polar surface area (TPSA) is 40.8 Å². The molecule has 1 aliphatic carbocycles. The number of hydrogen-bond acceptors (Lipinski definition) is 2. The molecule has 2 rings (SSSR count). The molecule has 1 heterocycles. The third-order valence-corrected chi connectivity index (χ3v) is 4.50. The Morgan fingerprint density at radius 1 is 1.38 bits per heavy atom. The average Bonchev–Trinajstić information content (AvgIpc) is 2.72. The second-order valence-electron chi connectivity index (χ2n) is 5.73. The molecule has 0 amide bonds. The highest BCUT2D eigenvalue weighted by molar-refractivity contribution is 5.34. The smallest absolute Gasteiger partial charge is 0.340 e. The first-order valence-corrected chi connectivity index (χ1v) is 7.20. The van der Waals surface area contributed by atoms with Gasteiger partial charge < -0.3 is 9.88 Å². The van der Waals surface area contributed by atoms with E-state index in [1.54, 1.807) is 17.7 Å². The summed E-state index contributed by atoms with van der Waals surface area (Å²) in [5, 5.41) is 12.0. The van der Waals surface area contributed by atoms with Crippen LogP contribution in [0.5, 0.6) is 0 Å². The lowest BCUT2D eigenvalue weighted by atomic mass is 9.84. The maximum absolute atomic E-state index is 13.0. The second kappa shape index (κ2) is 6.10. The highest BCUT2D eigenvalue weighted by Crippen LogP contribution is 2.37. The Bertz CT molecular complexity index is 540. The number of hydrogen-bond donors (Lipinski definition) is 1. The molecule has 1 aliphatic rings. The number of nitrogens with zero attached hydrogens (tertiary/aromatic N) is 2. The quantitative estimate of drug-likeness (QED) is 0.929.